The number of nitro benzene ring substituents is 1. The Kier molecular flexibility index (Phi) is 5.33. The number of para-hydroxylation sites is 3. The van der Waals surface area contributed by atoms with Crippen LogP contribution in [0, 0.1) is 17.0 Å². The van der Waals surface area contributed by atoms with E-state index in [2.05, 4.69) is 5.32 Å². The fourth-order valence-electron chi connectivity index (χ4n) is 2.11. The van der Waals surface area contributed by atoms with E-state index in [4.69, 9.17) is 10.5 Å². The van der Waals surface area contributed by atoms with Crippen molar-refractivity contribution in [2.75, 3.05) is 11.1 Å². The summed E-state index contributed by atoms with van der Waals surface area (Å²) >= 11 is 0. The average Bonchev–Trinajstić information content (AvgIpc) is 2.57. The van der Waals surface area contributed by atoms with Gasteiger partial charge in [0.25, 0.3) is 11.6 Å². The molecule has 2 aromatic rings. The van der Waals surface area contributed by atoms with Gasteiger partial charge in [-0.1, -0.05) is 24.3 Å². The lowest BCUT2D eigenvalue weighted by Gasteiger charge is -2.15. The van der Waals surface area contributed by atoms with Gasteiger partial charge in [-0.25, -0.2) is 4.79 Å². The number of benzene rings is 2. The van der Waals surface area contributed by atoms with E-state index in [0.717, 1.165) is 0 Å². The van der Waals surface area contributed by atoms with Crippen molar-refractivity contribution < 1.29 is 19.2 Å². The Morgan fingerprint density at radius 2 is 1.88 bits per heavy atom. The molecule has 0 radical (unpaired) electrons. The molecule has 0 heterocycles. The second-order valence-corrected chi connectivity index (χ2v) is 5.35. The van der Waals surface area contributed by atoms with Gasteiger partial charge in [0.1, 0.15) is 5.69 Å². The molecular weight excluding hydrogens is 326 g/mol. The SMILES string of the molecule is Cc1cccc(C(=O)O[C@H](C)C(=O)Nc2ccccc2[N+](=O)[O-])c1N. The highest BCUT2D eigenvalue weighted by Crippen LogP contribution is 2.24. The Hall–Kier alpha value is -3.42. The summed E-state index contributed by atoms with van der Waals surface area (Å²) in [5.41, 5.74) is 6.76. The fourth-order valence-corrected chi connectivity index (χ4v) is 2.11. The molecule has 0 bridgehead atoms. The van der Waals surface area contributed by atoms with Crippen molar-refractivity contribution in [2.24, 2.45) is 0 Å². The monoisotopic (exact) mass is 343 g/mol. The topological polar surface area (TPSA) is 125 Å². The summed E-state index contributed by atoms with van der Waals surface area (Å²) in [6.45, 7) is 3.12. The zero-order valence-corrected chi connectivity index (χ0v) is 13.7. The van der Waals surface area contributed by atoms with Crippen LogP contribution in [0.25, 0.3) is 0 Å². The van der Waals surface area contributed by atoms with Crippen LogP contribution in [0.1, 0.15) is 22.8 Å². The number of hydrogen-bond donors (Lipinski definition) is 2. The van der Waals surface area contributed by atoms with Crippen LogP contribution in [0.5, 0.6) is 0 Å². The number of nitrogens with zero attached hydrogens (tertiary/aromatic N) is 1. The molecule has 1 atom stereocenters. The molecule has 1 amide bonds. The summed E-state index contributed by atoms with van der Waals surface area (Å²) < 4.78 is 5.11. The first-order valence-corrected chi connectivity index (χ1v) is 7.41. The minimum absolute atomic E-state index is 0.0236. The van der Waals surface area contributed by atoms with E-state index in [1.54, 1.807) is 25.1 Å². The summed E-state index contributed by atoms with van der Waals surface area (Å²) in [4.78, 5) is 34.7. The van der Waals surface area contributed by atoms with Crippen molar-refractivity contribution in [2.45, 2.75) is 20.0 Å². The number of carbonyl (C=O) groups is 2. The van der Waals surface area contributed by atoms with Crippen molar-refractivity contribution in [1.82, 2.24) is 0 Å². The smallest absolute Gasteiger partial charge is 0.341 e. The van der Waals surface area contributed by atoms with E-state index >= 15 is 0 Å². The lowest BCUT2D eigenvalue weighted by atomic mass is 10.1. The van der Waals surface area contributed by atoms with Crippen molar-refractivity contribution in [3.63, 3.8) is 0 Å². The molecule has 8 heteroatoms. The van der Waals surface area contributed by atoms with Crippen LogP contribution in [0.15, 0.2) is 42.5 Å². The van der Waals surface area contributed by atoms with E-state index in [1.807, 2.05) is 0 Å². The molecule has 2 aromatic carbocycles. The number of nitrogen functional groups attached to an aromatic ring is 1. The Morgan fingerprint density at radius 1 is 1.20 bits per heavy atom. The fraction of sp³-hybridized carbons (Fsp3) is 0.176. The van der Waals surface area contributed by atoms with Gasteiger partial charge < -0.3 is 15.8 Å². The maximum Gasteiger partial charge on any atom is 0.341 e. The summed E-state index contributed by atoms with van der Waals surface area (Å²) in [5.74, 6) is -1.43. The molecule has 0 spiro atoms. The molecule has 0 fully saturated rings. The molecule has 25 heavy (non-hydrogen) atoms. The molecule has 0 aliphatic heterocycles. The predicted octanol–water partition coefficient (Wildman–Crippen LogP) is 2.67. The number of rotatable bonds is 5. The summed E-state index contributed by atoms with van der Waals surface area (Å²) in [6.07, 6.45) is -1.16. The van der Waals surface area contributed by atoms with Crippen molar-refractivity contribution >= 4 is 28.9 Å². The molecule has 130 valence electrons. The molecular formula is C17H17N3O5. The lowest BCUT2D eigenvalue weighted by Crippen LogP contribution is -2.30. The highest BCUT2D eigenvalue weighted by molar-refractivity contribution is 6.00. The van der Waals surface area contributed by atoms with Crippen LogP contribution in [0.3, 0.4) is 0 Å². The van der Waals surface area contributed by atoms with Gasteiger partial charge in [0, 0.05) is 11.8 Å². The number of amides is 1. The largest absolute Gasteiger partial charge is 0.449 e. The van der Waals surface area contributed by atoms with Crippen molar-refractivity contribution in [1.29, 1.82) is 0 Å². The first-order valence-electron chi connectivity index (χ1n) is 7.41. The number of aryl methyl sites for hydroxylation is 1. The van der Waals surface area contributed by atoms with Crippen LogP contribution in [0.2, 0.25) is 0 Å². The summed E-state index contributed by atoms with van der Waals surface area (Å²) in [6, 6.07) is 10.6. The Morgan fingerprint density at radius 3 is 2.56 bits per heavy atom. The lowest BCUT2D eigenvalue weighted by molar-refractivity contribution is -0.383. The van der Waals surface area contributed by atoms with E-state index in [1.165, 1.54) is 31.2 Å². The van der Waals surface area contributed by atoms with E-state index in [-0.39, 0.29) is 22.6 Å². The van der Waals surface area contributed by atoms with Crippen molar-refractivity contribution in [3.05, 3.63) is 63.7 Å². The molecule has 3 N–H and O–H groups in total. The molecule has 8 nitrogen and oxygen atoms in total. The maximum absolute atomic E-state index is 12.2. The molecule has 0 aliphatic rings. The number of hydrogen-bond acceptors (Lipinski definition) is 6. The van der Waals surface area contributed by atoms with E-state index < -0.39 is 22.9 Å². The third-order valence-electron chi connectivity index (χ3n) is 3.56. The van der Waals surface area contributed by atoms with Crippen LogP contribution in [-0.2, 0) is 9.53 Å². The van der Waals surface area contributed by atoms with Gasteiger partial charge >= 0.3 is 5.97 Å². The zero-order valence-electron chi connectivity index (χ0n) is 13.7. The van der Waals surface area contributed by atoms with Gasteiger partial charge in [-0.05, 0) is 31.5 Å². The molecule has 0 aromatic heterocycles. The van der Waals surface area contributed by atoms with Crippen LogP contribution < -0.4 is 11.1 Å². The number of nitrogens with two attached hydrogens (primary N) is 1. The Bertz CT molecular complexity index is 835. The first kappa shape index (κ1) is 17.9. The van der Waals surface area contributed by atoms with E-state index in [0.29, 0.717) is 5.56 Å². The van der Waals surface area contributed by atoms with Gasteiger partial charge in [-0.15, -0.1) is 0 Å². The third-order valence-corrected chi connectivity index (χ3v) is 3.56. The highest BCUT2D eigenvalue weighted by Gasteiger charge is 2.23. The molecule has 0 unspecified atom stereocenters. The average molecular weight is 343 g/mol. The number of carbonyl (C=O) groups excluding carboxylic acids is 2. The van der Waals surface area contributed by atoms with E-state index in [9.17, 15) is 19.7 Å². The Balaban J connectivity index is 2.09. The Labute approximate surface area is 143 Å². The standard InChI is InChI=1S/C17H17N3O5/c1-10-6-5-7-12(15(10)18)17(22)25-11(2)16(21)19-13-8-3-4-9-14(13)20(23)24/h3-9,11H,18H2,1-2H3,(H,19,21)/t11-/m1/s1. The molecule has 0 saturated carbocycles. The zero-order chi connectivity index (χ0) is 18.6. The number of anilines is 2. The van der Waals surface area contributed by atoms with Gasteiger partial charge in [0.2, 0.25) is 0 Å². The number of nitro groups is 1. The number of nitrogens with one attached hydrogen (secondary N) is 1. The molecule has 0 saturated heterocycles. The second kappa shape index (κ2) is 7.43. The molecule has 0 aliphatic carbocycles. The van der Waals surface area contributed by atoms with Gasteiger partial charge in [-0.2, -0.15) is 0 Å². The minimum atomic E-state index is -1.16. The highest BCUT2D eigenvalue weighted by atomic mass is 16.6. The van der Waals surface area contributed by atoms with Crippen LogP contribution >= 0.6 is 0 Å². The minimum Gasteiger partial charge on any atom is -0.449 e. The predicted molar refractivity (Wildman–Crippen MR) is 92.2 cm³/mol. The third kappa shape index (κ3) is 4.11. The van der Waals surface area contributed by atoms with Crippen LogP contribution in [-0.4, -0.2) is 22.9 Å². The number of ether oxygens (including phenoxy) is 1. The summed E-state index contributed by atoms with van der Waals surface area (Å²) in [7, 11) is 0. The van der Waals surface area contributed by atoms with Gasteiger partial charge in [0.05, 0.1) is 10.5 Å². The summed E-state index contributed by atoms with van der Waals surface area (Å²) in [5, 5.41) is 13.3. The van der Waals surface area contributed by atoms with Gasteiger partial charge in [-0.3, -0.25) is 14.9 Å². The van der Waals surface area contributed by atoms with Gasteiger partial charge in [0.15, 0.2) is 6.10 Å². The quantitative estimate of drug-likeness (QED) is 0.372. The maximum atomic E-state index is 12.2. The first-order chi connectivity index (χ1) is 11.8. The van der Waals surface area contributed by atoms with Crippen LogP contribution in [0.4, 0.5) is 17.1 Å². The molecule has 2 rings (SSSR count). The normalized spacial score (nSPS) is 11.4. The second-order valence-electron chi connectivity index (χ2n) is 5.35. The number of esters is 1. The van der Waals surface area contributed by atoms with Crippen molar-refractivity contribution in [3.8, 4) is 0 Å².